The molecule has 0 amide bonds. The van der Waals surface area contributed by atoms with Gasteiger partial charge in [-0.1, -0.05) is 13.8 Å². The highest BCUT2D eigenvalue weighted by Crippen LogP contribution is 2.32. The molecule has 1 fully saturated rings. The van der Waals surface area contributed by atoms with Gasteiger partial charge in [0.15, 0.2) is 5.13 Å². The van der Waals surface area contributed by atoms with Crippen LogP contribution in [0.25, 0.3) is 0 Å². The molecule has 0 saturated heterocycles. The number of anilines is 1. The molecule has 1 N–H and O–H groups in total. The summed E-state index contributed by atoms with van der Waals surface area (Å²) in [6.07, 6.45) is 8.58. The molecule has 0 radical (unpaired) electrons. The molecule has 1 atom stereocenters. The Labute approximate surface area is 127 Å². The zero-order valence-corrected chi connectivity index (χ0v) is 14.2. The van der Waals surface area contributed by atoms with Crippen molar-refractivity contribution in [3.05, 3.63) is 11.1 Å². The SMILES string of the molecule is CCCNC(C)c1cnc(N(C)C2CCC(C)CC2)s1. The summed E-state index contributed by atoms with van der Waals surface area (Å²) >= 11 is 1.85. The van der Waals surface area contributed by atoms with Crippen LogP contribution in [0.15, 0.2) is 6.20 Å². The maximum absolute atomic E-state index is 4.64. The lowest BCUT2D eigenvalue weighted by molar-refractivity contribution is 0.340. The smallest absolute Gasteiger partial charge is 0.185 e. The van der Waals surface area contributed by atoms with E-state index in [1.54, 1.807) is 0 Å². The van der Waals surface area contributed by atoms with Gasteiger partial charge in [-0.15, -0.1) is 11.3 Å². The standard InChI is InChI=1S/C16H29N3S/c1-5-10-17-13(3)15-11-18-16(20-15)19(4)14-8-6-12(2)7-9-14/h11-14,17H,5-10H2,1-4H3. The van der Waals surface area contributed by atoms with Gasteiger partial charge in [0.25, 0.3) is 0 Å². The van der Waals surface area contributed by atoms with Gasteiger partial charge in [0.1, 0.15) is 0 Å². The summed E-state index contributed by atoms with van der Waals surface area (Å²) in [4.78, 5) is 8.40. The first-order valence-electron chi connectivity index (χ1n) is 8.03. The molecule has 1 saturated carbocycles. The molecule has 3 nitrogen and oxygen atoms in total. The van der Waals surface area contributed by atoms with Crippen LogP contribution in [0, 0.1) is 5.92 Å². The Balaban J connectivity index is 1.93. The van der Waals surface area contributed by atoms with Crippen molar-refractivity contribution < 1.29 is 0 Å². The molecule has 0 aliphatic heterocycles. The normalized spacial score (nSPS) is 24.6. The number of rotatable bonds is 6. The maximum atomic E-state index is 4.64. The van der Waals surface area contributed by atoms with E-state index in [1.807, 2.05) is 11.3 Å². The van der Waals surface area contributed by atoms with Crippen LogP contribution in [0.5, 0.6) is 0 Å². The zero-order chi connectivity index (χ0) is 14.5. The summed E-state index contributed by atoms with van der Waals surface area (Å²) in [6.45, 7) is 7.88. The Hall–Kier alpha value is -0.610. The fourth-order valence-electron chi connectivity index (χ4n) is 2.89. The molecule has 2 rings (SSSR count). The quantitative estimate of drug-likeness (QED) is 0.851. The molecular formula is C16H29N3S. The maximum Gasteiger partial charge on any atom is 0.185 e. The van der Waals surface area contributed by atoms with Crippen molar-refractivity contribution in [1.29, 1.82) is 0 Å². The van der Waals surface area contributed by atoms with Gasteiger partial charge in [-0.05, 0) is 51.5 Å². The predicted octanol–water partition coefficient (Wildman–Crippen LogP) is 4.22. The van der Waals surface area contributed by atoms with Gasteiger partial charge in [0, 0.05) is 30.2 Å². The minimum Gasteiger partial charge on any atom is -0.348 e. The Bertz CT molecular complexity index is 396. The monoisotopic (exact) mass is 295 g/mol. The van der Waals surface area contributed by atoms with E-state index >= 15 is 0 Å². The topological polar surface area (TPSA) is 28.2 Å². The Morgan fingerprint density at radius 1 is 1.40 bits per heavy atom. The van der Waals surface area contributed by atoms with E-state index in [9.17, 15) is 0 Å². The van der Waals surface area contributed by atoms with Crippen LogP contribution in [-0.2, 0) is 0 Å². The van der Waals surface area contributed by atoms with E-state index in [-0.39, 0.29) is 0 Å². The molecule has 0 bridgehead atoms. The first-order chi connectivity index (χ1) is 9.61. The molecule has 1 aromatic rings. The first-order valence-corrected chi connectivity index (χ1v) is 8.85. The number of hydrogen-bond acceptors (Lipinski definition) is 4. The fourth-order valence-corrected chi connectivity index (χ4v) is 3.86. The second-order valence-corrected chi connectivity index (χ2v) is 7.29. The van der Waals surface area contributed by atoms with Crippen LogP contribution in [0.1, 0.15) is 63.8 Å². The van der Waals surface area contributed by atoms with E-state index in [2.05, 4.69) is 49.2 Å². The molecular weight excluding hydrogens is 266 g/mol. The molecule has 0 spiro atoms. The van der Waals surface area contributed by atoms with E-state index in [0.717, 1.165) is 12.5 Å². The van der Waals surface area contributed by atoms with Crippen molar-refractivity contribution >= 4 is 16.5 Å². The van der Waals surface area contributed by atoms with Crippen LogP contribution >= 0.6 is 11.3 Å². The van der Waals surface area contributed by atoms with Crippen LogP contribution in [0.2, 0.25) is 0 Å². The third-order valence-corrected chi connectivity index (χ3v) is 5.74. The minimum absolute atomic E-state index is 0.418. The molecule has 4 heteroatoms. The van der Waals surface area contributed by atoms with Gasteiger partial charge in [0.2, 0.25) is 0 Å². The van der Waals surface area contributed by atoms with Crippen molar-refractivity contribution in [1.82, 2.24) is 10.3 Å². The third-order valence-electron chi connectivity index (χ3n) is 4.47. The summed E-state index contributed by atoms with van der Waals surface area (Å²) in [5.41, 5.74) is 0. The largest absolute Gasteiger partial charge is 0.348 e. The summed E-state index contributed by atoms with van der Waals surface area (Å²) in [5, 5.41) is 4.72. The molecule has 1 heterocycles. The van der Waals surface area contributed by atoms with Crippen molar-refractivity contribution in [3.8, 4) is 0 Å². The molecule has 20 heavy (non-hydrogen) atoms. The van der Waals surface area contributed by atoms with Gasteiger partial charge in [0.05, 0.1) is 0 Å². The second kappa shape index (κ2) is 7.41. The number of aromatic nitrogens is 1. The van der Waals surface area contributed by atoms with Crippen LogP contribution in [0.4, 0.5) is 5.13 Å². The van der Waals surface area contributed by atoms with E-state index in [1.165, 1.54) is 42.1 Å². The lowest BCUT2D eigenvalue weighted by atomic mass is 9.87. The fraction of sp³-hybridized carbons (Fsp3) is 0.812. The Morgan fingerprint density at radius 3 is 2.75 bits per heavy atom. The van der Waals surface area contributed by atoms with Gasteiger partial charge < -0.3 is 10.2 Å². The van der Waals surface area contributed by atoms with Crippen LogP contribution in [0.3, 0.4) is 0 Å². The number of thiazole rings is 1. The summed E-state index contributed by atoms with van der Waals surface area (Å²) in [7, 11) is 2.22. The highest BCUT2D eigenvalue weighted by molar-refractivity contribution is 7.15. The second-order valence-electron chi connectivity index (χ2n) is 6.25. The average Bonchev–Trinajstić information content (AvgIpc) is 2.94. The first kappa shape index (κ1) is 15.8. The van der Waals surface area contributed by atoms with E-state index in [0.29, 0.717) is 12.1 Å². The van der Waals surface area contributed by atoms with E-state index in [4.69, 9.17) is 0 Å². The number of hydrogen-bond donors (Lipinski definition) is 1. The number of nitrogens with zero attached hydrogens (tertiary/aromatic N) is 2. The zero-order valence-electron chi connectivity index (χ0n) is 13.4. The number of nitrogens with one attached hydrogen (secondary N) is 1. The van der Waals surface area contributed by atoms with Gasteiger partial charge >= 0.3 is 0 Å². The lowest BCUT2D eigenvalue weighted by Gasteiger charge is -2.33. The minimum atomic E-state index is 0.418. The lowest BCUT2D eigenvalue weighted by Crippen LogP contribution is -2.34. The summed E-state index contributed by atoms with van der Waals surface area (Å²) in [6, 6.07) is 1.10. The third kappa shape index (κ3) is 3.95. The Morgan fingerprint density at radius 2 is 2.10 bits per heavy atom. The molecule has 114 valence electrons. The molecule has 1 aliphatic rings. The van der Waals surface area contributed by atoms with Crippen LogP contribution in [-0.4, -0.2) is 24.6 Å². The molecule has 1 aromatic heterocycles. The van der Waals surface area contributed by atoms with Crippen LogP contribution < -0.4 is 10.2 Å². The highest BCUT2D eigenvalue weighted by atomic mass is 32.1. The Kier molecular flexibility index (Phi) is 5.85. The van der Waals surface area contributed by atoms with Gasteiger partial charge in [-0.3, -0.25) is 0 Å². The van der Waals surface area contributed by atoms with Crippen molar-refractivity contribution in [2.45, 2.75) is 65.0 Å². The van der Waals surface area contributed by atoms with Crippen molar-refractivity contribution in [2.24, 2.45) is 5.92 Å². The molecule has 1 unspecified atom stereocenters. The van der Waals surface area contributed by atoms with Gasteiger partial charge in [-0.2, -0.15) is 0 Å². The van der Waals surface area contributed by atoms with Gasteiger partial charge in [-0.25, -0.2) is 4.98 Å². The predicted molar refractivity (Wildman–Crippen MR) is 88.6 cm³/mol. The molecule has 1 aliphatic carbocycles. The summed E-state index contributed by atoms with van der Waals surface area (Å²) in [5.74, 6) is 0.907. The average molecular weight is 295 g/mol. The highest BCUT2D eigenvalue weighted by Gasteiger charge is 2.23. The van der Waals surface area contributed by atoms with Crippen molar-refractivity contribution in [3.63, 3.8) is 0 Å². The van der Waals surface area contributed by atoms with Crippen molar-refractivity contribution in [2.75, 3.05) is 18.5 Å². The van der Waals surface area contributed by atoms with E-state index < -0.39 is 0 Å². The molecule has 0 aromatic carbocycles. The summed E-state index contributed by atoms with van der Waals surface area (Å²) < 4.78 is 0.